The molecule has 6 nitrogen and oxygen atoms in total. The SMILES string of the molecule is CN1CCN(CCCN2CCC(=O)c3c(ccn3C)C2=O)CC1. The molecule has 0 bridgehead atoms. The van der Waals surface area contributed by atoms with Crippen LogP contribution in [0.4, 0.5) is 0 Å². The maximum absolute atomic E-state index is 12.7. The number of amides is 1. The van der Waals surface area contributed by atoms with Gasteiger partial charge < -0.3 is 19.3 Å². The highest BCUT2D eigenvalue weighted by Crippen LogP contribution is 2.19. The van der Waals surface area contributed by atoms with E-state index >= 15 is 0 Å². The van der Waals surface area contributed by atoms with E-state index in [2.05, 4.69) is 16.8 Å². The topological polar surface area (TPSA) is 48.8 Å². The van der Waals surface area contributed by atoms with Gasteiger partial charge in [-0.15, -0.1) is 0 Å². The summed E-state index contributed by atoms with van der Waals surface area (Å²) in [5.74, 6) is 0.0762. The van der Waals surface area contributed by atoms with Crippen LogP contribution in [0.25, 0.3) is 0 Å². The van der Waals surface area contributed by atoms with Gasteiger partial charge in [0, 0.05) is 58.9 Å². The molecule has 0 aliphatic carbocycles. The number of Topliss-reactive ketones (excluding diaryl/α,β-unsaturated/α-hetero) is 1. The zero-order chi connectivity index (χ0) is 16.4. The normalized spacial score (nSPS) is 20.7. The molecule has 1 fully saturated rings. The summed E-state index contributed by atoms with van der Waals surface area (Å²) < 4.78 is 1.77. The fourth-order valence-corrected chi connectivity index (χ4v) is 3.45. The van der Waals surface area contributed by atoms with E-state index in [1.807, 2.05) is 11.9 Å². The lowest BCUT2D eigenvalue weighted by Gasteiger charge is -2.32. The minimum absolute atomic E-state index is 0.00447. The number of hydrogen-bond acceptors (Lipinski definition) is 4. The average Bonchev–Trinajstić information content (AvgIpc) is 2.88. The van der Waals surface area contributed by atoms with Crippen molar-refractivity contribution in [2.24, 2.45) is 7.05 Å². The molecule has 1 aromatic rings. The summed E-state index contributed by atoms with van der Waals surface area (Å²) in [4.78, 5) is 31.5. The van der Waals surface area contributed by atoms with Gasteiger partial charge in [-0.25, -0.2) is 0 Å². The van der Waals surface area contributed by atoms with E-state index < -0.39 is 0 Å². The Morgan fingerprint density at radius 2 is 1.74 bits per heavy atom. The maximum Gasteiger partial charge on any atom is 0.256 e. The van der Waals surface area contributed by atoms with Gasteiger partial charge in [-0.3, -0.25) is 9.59 Å². The number of aromatic nitrogens is 1. The van der Waals surface area contributed by atoms with Gasteiger partial charge in [-0.05, 0) is 26.1 Å². The van der Waals surface area contributed by atoms with Crippen molar-refractivity contribution >= 4 is 11.7 Å². The molecule has 0 unspecified atom stereocenters. The molecule has 6 heteroatoms. The third-order valence-corrected chi connectivity index (χ3v) is 4.96. The highest BCUT2D eigenvalue weighted by molar-refractivity contribution is 6.08. The Hall–Kier alpha value is -1.66. The smallest absolute Gasteiger partial charge is 0.256 e. The van der Waals surface area contributed by atoms with E-state index in [9.17, 15) is 9.59 Å². The Morgan fingerprint density at radius 1 is 1.00 bits per heavy atom. The van der Waals surface area contributed by atoms with Gasteiger partial charge in [0.2, 0.25) is 0 Å². The zero-order valence-corrected chi connectivity index (χ0v) is 14.1. The lowest BCUT2D eigenvalue weighted by atomic mass is 10.1. The van der Waals surface area contributed by atoms with Gasteiger partial charge in [0.15, 0.2) is 5.78 Å². The molecule has 23 heavy (non-hydrogen) atoms. The molecule has 1 aromatic heterocycles. The maximum atomic E-state index is 12.7. The molecule has 0 aromatic carbocycles. The van der Waals surface area contributed by atoms with E-state index in [-0.39, 0.29) is 11.7 Å². The van der Waals surface area contributed by atoms with E-state index in [0.29, 0.717) is 24.2 Å². The quantitative estimate of drug-likeness (QED) is 0.820. The van der Waals surface area contributed by atoms with Gasteiger partial charge >= 0.3 is 0 Å². The number of piperazine rings is 1. The van der Waals surface area contributed by atoms with E-state index in [1.54, 1.807) is 16.8 Å². The van der Waals surface area contributed by atoms with Crippen molar-refractivity contribution in [1.82, 2.24) is 19.3 Å². The summed E-state index contributed by atoms with van der Waals surface area (Å²) in [6.45, 7) is 6.72. The first-order valence-electron chi connectivity index (χ1n) is 8.45. The number of rotatable bonds is 4. The predicted octanol–water partition coefficient (Wildman–Crippen LogP) is 0.691. The average molecular weight is 318 g/mol. The van der Waals surface area contributed by atoms with Gasteiger partial charge in [-0.1, -0.05) is 0 Å². The van der Waals surface area contributed by atoms with Crippen molar-refractivity contribution in [3.8, 4) is 0 Å². The highest BCUT2D eigenvalue weighted by atomic mass is 16.2. The number of ketones is 1. The second-order valence-electron chi connectivity index (χ2n) is 6.65. The van der Waals surface area contributed by atoms with Crippen molar-refractivity contribution in [3.63, 3.8) is 0 Å². The second-order valence-corrected chi connectivity index (χ2v) is 6.65. The number of likely N-dealkylation sites (N-methyl/N-ethyl adjacent to an activating group) is 1. The monoisotopic (exact) mass is 318 g/mol. The third kappa shape index (κ3) is 3.48. The van der Waals surface area contributed by atoms with Crippen LogP contribution in [-0.2, 0) is 7.05 Å². The van der Waals surface area contributed by atoms with Crippen LogP contribution in [0.15, 0.2) is 12.3 Å². The van der Waals surface area contributed by atoms with Crippen LogP contribution in [0.1, 0.15) is 33.7 Å². The molecule has 3 rings (SSSR count). The van der Waals surface area contributed by atoms with Crippen LogP contribution >= 0.6 is 0 Å². The van der Waals surface area contributed by atoms with Crippen molar-refractivity contribution in [2.75, 3.05) is 52.9 Å². The Bertz CT molecular complexity index is 587. The van der Waals surface area contributed by atoms with Gasteiger partial charge in [0.05, 0.1) is 11.3 Å². The fourth-order valence-electron chi connectivity index (χ4n) is 3.45. The Balaban J connectivity index is 1.56. The summed E-state index contributed by atoms with van der Waals surface area (Å²) in [6.07, 6.45) is 3.19. The van der Waals surface area contributed by atoms with Crippen molar-refractivity contribution < 1.29 is 9.59 Å². The lowest BCUT2D eigenvalue weighted by Crippen LogP contribution is -2.45. The third-order valence-electron chi connectivity index (χ3n) is 4.96. The first-order valence-corrected chi connectivity index (χ1v) is 8.45. The summed E-state index contributed by atoms with van der Waals surface area (Å²) >= 11 is 0. The molecular weight excluding hydrogens is 292 g/mol. The summed E-state index contributed by atoms with van der Waals surface area (Å²) in [6, 6.07) is 1.77. The molecule has 0 atom stereocenters. The zero-order valence-electron chi connectivity index (χ0n) is 14.1. The van der Waals surface area contributed by atoms with Crippen LogP contribution in [0.2, 0.25) is 0 Å². The van der Waals surface area contributed by atoms with Crippen LogP contribution in [0.3, 0.4) is 0 Å². The molecule has 1 amide bonds. The molecule has 2 aliphatic rings. The van der Waals surface area contributed by atoms with Crippen molar-refractivity contribution in [1.29, 1.82) is 0 Å². The number of carbonyl (C=O) groups excluding carboxylic acids is 2. The summed E-state index contributed by atoms with van der Waals surface area (Å²) in [7, 11) is 3.98. The number of fused-ring (bicyclic) bond motifs is 1. The van der Waals surface area contributed by atoms with Crippen LogP contribution in [-0.4, -0.2) is 83.8 Å². The number of hydrogen-bond donors (Lipinski definition) is 0. The van der Waals surface area contributed by atoms with E-state index in [4.69, 9.17) is 0 Å². The number of aryl methyl sites for hydroxylation is 1. The van der Waals surface area contributed by atoms with Crippen molar-refractivity contribution in [2.45, 2.75) is 12.8 Å². The predicted molar refractivity (Wildman–Crippen MR) is 88.8 cm³/mol. The molecule has 0 radical (unpaired) electrons. The molecule has 1 saturated heterocycles. The minimum Gasteiger partial charge on any atom is -0.348 e. The van der Waals surface area contributed by atoms with Gasteiger partial charge in [0.25, 0.3) is 5.91 Å². The standard InChI is InChI=1S/C17H26N4O2/c1-18-10-12-20(13-11-18)6-3-7-21-9-5-15(22)16-14(17(21)23)4-8-19(16)2/h4,8H,3,5-7,9-13H2,1-2H3. The van der Waals surface area contributed by atoms with Gasteiger partial charge in [0.1, 0.15) is 0 Å². The molecular formula is C17H26N4O2. The number of nitrogens with zero attached hydrogens (tertiary/aromatic N) is 4. The van der Waals surface area contributed by atoms with Crippen LogP contribution in [0.5, 0.6) is 0 Å². The van der Waals surface area contributed by atoms with E-state index in [1.165, 1.54) is 0 Å². The summed E-state index contributed by atoms with van der Waals surface area (Å²) in [5.41, 5.74) is 1.13. The first kappa shape index (κ1) is 16.2. The lowest BCUT2D eigenvalue weighted by molar-refractivity contribution is 0.0745. The first-order chi connectivity index (χ1) is 11.1. The molecule has 0 N–H and O–H groups in total. The molecule has 0 spiro atoms. The largest absolute Gasteiger partial charge is 0.348 e. The minimum atomic E-state index is 0.00447. The highest BCUT2D eigenvalue weighted by Gasteiger charge is 2.28. The van der Waals surface area contributed by atoms with Gasteiger partial charge in [-0.2, -0.15) is 0 Å². The molecule has 3 heterocycles. The molecule has 2 aliphatic heterocycles. The fraction of sp³-hybridized carbons (Fsp3) is 0.647. The van der Waals surface area contributed by atoms with E-state index in [0.717, 1.165) is 45.7 Å². The Kier molecular flexibility index (Phi) is 4.82. The van der Waals surface area contributed by atoms with Crippen LogP contribution in [0, 0.1) is 0 Å². The molecule has 126 valence electrons. The Morgan fingerprint density at radius 3 is 2.48 bits per heavy atom. The second kappa shape index (κ2) is 6.84. The van der Waals surface area contributed by atoms with Crippen LogP contribution < -0.4 is 0 Å². The molecule has 0 saturated carbocycles. The summed E-state index contributed by atoms with van der Waals surface area (Å²) in [5, 5.41) is 0. The van der Waals surface area contributed by atoms with Crippen molar-refractivity contribution in [3.05, 3.63) is 23.5 Å². The number of carbonyl (C=O) groups is 2. The Labute approximate surface area is 137 Å².